The summed E-state index contributed by atoms with van der Waals surface area (Å²) in [5.41, 5.74) is 0.642. The van der Waals surface area contributed by atoms with Crippen LogP contribution in [0, 0.1) is 0 Å². The van der Waals surface area contributed by atoms with E-state index in [0.717, 1.165) is 6.54 Å². The number of ether oxygens (including phenoxy) is 2. The largest absolute Gasteiger partial charge is 0.490 e. The highest BCUT2D eigenvalue weighted by atomic mass is 16.5. The van der Waals surface area contributed by atoms with Crippen LogP contribution in [0.15, 0.2) is 24.3 Å². The maximum Gasteiger partial charge on any atom is 0.168 e. The lowest BCUT2D eigenvalue weighted by Gasteiger charge is -2.14. The lowest BCUT2D eigenvalue weighted by molar-refractivity contribution is 0.0964. The van der Waals surface area contributed by atoms with Gasteiger partial charge in [-0.15, -0.1) is 0 Å². The number of methoxy groups -OCH3 is 1. The molecule has 1 N–H and O–H groups in total. The Morgan fingerprint density at radius 2 is 2.05 bits per heavy atom. The minimum absolute atomic E-state index is 0.0986. The lowest BCUT2D eigenvalue weighted by atomic mass is 10.0. The molecule has 0 heterocycles. The molecule has 1 aromatic rings. The Kier molecular flexibility index (Phi) is 7.15. The van der Waals surface area contributed by atoms with Crippen LogP contribution in [0.5, 0.6) is 5.75 Å². The molecular weight excluding hydrogens is 242 g/mol. The van der Waals surface area contributed by atoms with Crippen LogP contribution in [0.1, 0.15) is 30.6 Å². The van der Waals surface area contributed by atoms with Gasteiger partial charge in [0.15, 0.2) is 5.78 Å². The molecule has 0 radical (unpaired) electrons. The fourth-order valence-electron chi connectivity index (χ4n) is 1.87. The predicted octanol–water partition coefficient (Wildman–Crippen LogP) is 2.28. The molecule has 0 fully saturated rings. The van der Waals surface area contributed by atoms with Crippen LogP contribution in [-0.4, -0.2) is 38.7 Å². The van der Waals surface area contributed by atoms with Crippen molar-refractivity contribution < 1.29 is 14.3 Å². The monoisotopic (exact) mass is 265 g/mol. The minimum Gasteiger partial charge on any atom is -0.490 e. The molecule has 0 saturated heterocycles. The highest BCUT2D eigenvalue weighted by Crippen LogP contribution is 2.20. The Balaban J connectivity index is 2.67. The fraction of sp³-hybridized carbons (Fsp3) is 0.533. The van der Waals surface area contributed by atoms with Crippen molar-refractivity contribution in [2.75, 3.05) is 26.9 Å². The van der Waals surface area contributed by atoms with Crippen LogP contribution < -0.4 is 10.1 Å². The number of carbonyl (C=O) groups excluding carboxylic acids is 1. The van der Waals surface area contributed by atoms with Crippen LogP contribution in [-0.2, 0) is 4.74 Å². The number of para-hydroxylation sites is 1. The average molecular weight is 265 g/mol. The van der Waals surface area contributed by atoms with Gasteiger partial charge in [0.2, 0.25) is 0 Å². The summed E-state index contributed by atoms with van der Waals surface area (Å²) in [7, 11) is 1.62. The maximum atomic E-state index is 12.2. The van der Waals surface area contributed by atoms with Gasteiger partial charge in [0.05, 0.1) is 12.2 Å². The van der Waals surface area contributed by atoms with Gasteiger partial charge >= 0.3 is 0 Å². The number of rotatable bonds is 9. The average Bonchev–Trinajstić information content (AvgIpc) is 2.39. The van der Waals surface area contributed by atoms with Crippen molar-refractivity contribution in [3.05, 3.63) is 29.8 Å². The molecule has 0 saturated carbocycles. The van der Waals surface area contributed by atoms with E-state index in [-0.39, 0.29) is 11.8 Å². The molecular formula is C15H23NO3. The Labute approximate surface area is 115 Å². The molecule has 4 heteroatoms. The first kappa shape index (κ1) is 15.7. The molecule has 0 aliphatic carbocycles. The summed E-state index contributed by atoms with van der Waals surface area (Å²) in [5, 5.41) is 3.24. The molecule has 1 rings (SSSR count). The van der Waals surface area contributed by atoms with Gasteiger partial charge in [-0.2, -0.15) is 0 Å². The number of ketones is 1. The number of nitrogens with one attached hydrogen (secondary N) is 1. The summed E-state index contributed by atoms with van der Waals surface area (Å²) in [6.07, 6.45) is 0.471. The van der Waals surface area contributed by atoms with Crippen LogP contribution >= 0.6 is 0 Å². The highest BCUT2D eigenvalue weighted by molar-refractivity contribution is 5.98. The van der Waals surface area contributed by atoms with Gasteiger partial charge < -0.3 is 14.8 Å². The molecule has 1 unspecified atom stereocenters. The van der Waals surface area contributed by atoms with Crippen molar-refractivity contribution in [1.82, 2.24) is 5.32 Å². The molecule has 106 valence electrons. The van der Waals surface area contributed by atoms with E-state index in [0.29, 0.717) is 30.9 Å². The third-order valence-corrected chi connectivity index (χ3v) is 2.78. The molecule has 1 atom stereocenters. The minimum atomic E-state index is 0.0986. The van der Waals surface area contributed by atoms with Crippen molar-refractivity contribution in [2.45, 2.75) is 26.3 Å². The summed E-state index contributed by atoms with van der Waals surface area (Å²) >= 11 is 0. The molecule has 0 spiro atoms. The van der Waals surface area contributed by atoms with E-state index in [4.69, 9.17) is 9.47 Å². The molecule has 0 bridgehead atoms. The van der Waals surface area contributed by atoms with E-state index < -0.39 is 0 Å². The van der Waals surface area contributed by atoms with Crippen LogP contribution in [0.2, 0.25) is 0 Å². The van der Waals surface area contributed by atoms with E-state index in [2.05, 4.69) is 5.32 Å². The van der Waals surface area contributed by atoms with Gasteiger partial charge in [-0.25, -0.2) is 0 Å². The first-order valence-electron chi connectivity index (χ1n) is 6.66. The van der Waals surface area contributed by atoms with Crippen LogP contribution in [0.25, 0.3) is 0 Å². The normalized spacial score (nSPS) is 12.2. The zero-order valence-electron chi connectivity index (χ0n) is 11.9. The van der Waals surface area contributed by atoms with Gasteiger partial charge in [-0.1, -0.05) is 19.1 Å². The third kappa shape index (κ3) is 5.41. The van der Waals surface area contributed by atoms with Gasteiger partial charge in [-0.05, 0) is 25.6 Å². The molecule has 0 aliphatic heterocycles. The lowest BCUT2D eigenvalue weighted by Crippen LogP contribution is -2.28. The second-order valence-corrected chi connectivity index (χ2v) is 4.42. The van der Waals surface area contributed by atoms with E-state index in [9.17, 15) is 4.79 Å². The summed E-state index contributed by atoms with van der Waals surface area (Å²) in [5.74, 6) is 0.731. The zero-order chi connectivity index (χ0) is 14.1. The Morgan fingerprint density at radius 1 is 1.32 bits per heavy atom. The molecule has 1 aromatic carbocycles. The van der Waals surface area contributed by atoms with Gasteiger partial charge in [0.25, 0.3) is 0 Å². The van der Waals surface area contributed by atoms with Crippen molar-refractivity contribution >= 4 is 5.78 Å². The smallest absolute Gasteiger partial charge is 0.168 e. The Bertz CT molecular complexity index is 393. The van der Waals surface area contributed by atoms with Gasteiger partial charge in [-0.3, -0.25) is 4.79 Å². The molecule has 0 aromatic heterocycles. The Morgan fingerprint density at radius 3 is 2.74 bits per heavy atom. The highest BCUT2D eigenvalue weighted by Gasteiger charge is 2.14. The standard InChI is InChI=1S/C15H23NO3/c1-4-16-12(2)11-14(17)13-7-5-6-8-15(13)19-10-9-18-3/h5-8,12,16H,4,9-11H2,1-3H3. The number of hydrogen-bond donors (Lipinski definition) is 1. The first-order valence-corrected chi connectivity index (χ1v) is 6.66. The summed E-state index contributed by atoms with van der Waals surface area (Å²) in [6.45, 7) is 5.86. The van der Waals surface area contributed by atoms with E-state index in [1.807, 2.05) is 38.1 Å². The number of Topliss-reactive ketones (excluding diaryl/α,β-unsaturated/α-hetero) is 1. The number of carbonyl (C=O) groups is 1. The van der Waals surface area contributed by atoms with Crippen molar-refractivity contribution in [1.29, 1.82) is 0 Å². The quantitative estimate of drug-likeness (QED) is 0.549. The van der Waals surface area contributed by atoms with Gasteiger partial charge in [0, 0.05) is 19.6 Å². The predicted molar refractivity (Wildman–Crippen MR) is 75.9 cm³/mol. The van der Waals surface area contributed by atoms with Crippen LogP contribution in [0.3, 0.4) is 0 Å². The van der Waals surface area contributed by atoms with Crippen molar-refractivity contribution in [3.8, 4) is 5.75 Å². The van der Waals surface area contributed by atoms with Gasteiger partial charge in [0.1, 0.15) is 12.4 Å². The van der Waals surface area contributed by atoms with Crippen molar-refractivity contribution in [3.63, 3.8) is 0 Å². The summed E-state index contributed by atoms with van der Waals surface area (Å²) in [6, 6.07) is 7.52. The summed E-state index contributed by atoms with van der Waals surface area (Å²) in [4.78, 5) is 12.2. The second kappa shape index (κ2) is 8.67. The topological polar surface area (TPSA) is 47.6 Å². The van der Waals surface area contributed by atoms with E-state index >= 15 is 0 Å². The number of benzene rings is 1. The zero-order valence-corrected chi connectivity index (χ0v) is 11.9. The van der Waals surface area contributed by atoms with Crippen LogP contribution in [0.4, 0.5) is 0 Å². The first-order chi connectivity index (χ1) is 9.19. The third-order valence-electron chi connectivity index (χ3n) is 2.78. The van der Waals surface area contributed by atoms with E-state index in [1.54, 1.807) is 7.11 Å². The van der Waals surface area contributed by atoms with E-state index in [1.165, 1.54) is 0 Å². The molecule has 4 nitrogen and oxygen atoms in total. The number of hydrogen-bond acceptors (Lipinski definition) is 4. The maximum absolute atomic E-state index is 12.2. The fourth-order valence-corrected chi connectivity index (χ4v) is 1.87. The SMILES string of the molecule is CCNC(C)CC(=O)c1ccccc1OCCOC. The molecule has 19 heavy (non-hydrogen) atoms. The molecule has 0 amide bonds. The summed E-state index contributed by atoms with van der Waals surface area (Å²) < 4.78 is 10.5. The Hall–Kier alpha value is -1.39. The van der Waals surface area contributed by atoms with Crippen molar-refractivity contribution in [2.24, 2.45) is 0 Å². The second-order valence-electron chi connectivity index (χ2n) is 4.42. The molecule has 0 aliphatic rings.